The summed E-state index contributed by atoms with van der Waals surface area (Å²) in [6, 6.07) is 0.140. The molecule has 1 saturated carbocycles. The first-order chi connectivity index (χ1) is 7.65. The van der Waals surface area contributed by atoms with Crippen molar-refractivity contribution < 1.29 is 14.2 Å². The largest absolute Gasteiger partial charge is 0.379 e. The van der Waals surface area contributed by atoms with E-state index in [1.807, 2.05) is 6.92 Å². The van der Waals surface area contributed by atoms with E-state index in [0.29, 0.717) is 25.7 Å². The summed E-state index contributed by atoms with van der Waals surface area (Å²) >= 11 is 0. The highest BCUT2D eigenvalue weighted by atomic mass is 16.6. The number of hydrogen-bond acceptors (Lipinski definition) is 4. The summed E-state index contributed by atoms with van der Waals surface area (Å²) in [7, 11) is 0. The number of hydrogen-bond donors (Lipinski definition) is 1. The van der Waals surface area contributed by atoms with Gasteiger partial charge in [0.2, 0.25) is 0 Å². The quantitative estimate of drug-likeness (QED) is 0.637. The van der Waals surface area contributed by atoms with Crippen molar-refractivity contribution in [1.29, 1.82) is 0 Å². The predicted octanol–water partition coefficient (Wildman–Crippen LogP) is 1.18. The third-order valence-corrected chi connectivity index (χ3v) is 2.66. The van der Waals surface area contributed by atoms with Crippen molar-refractivity contribution in [1.82, 2.24) is 0 Å². The Bertz CT molecular complexity index is 187. The molecule has 2 N–H and O–H groups in total. The molecule has 1 aliphatic carbocycles. The lowest BCUT2D eigenvalue weighted by molar-refractivity contribution is -0.143. The Labute approximate surface area is 98.4 Å². The minimum atomic E-state index is 0.0788. The van der Waals surface area contributed by atoms with E-state index in [0.717, 1.165) is 13.0 Å². The van der Waals surface area contributed by atoms with Gasteiger partial charge in [0, 0.05) is 19.3 Å². The second kappa shape index (κ2) is 7.22. The molecule has 0 aromatic carbocycles. The SMILES string of the molecule is CCOC1C(N)CC1OCCOCC(C)C. The van der Waals surface area contributed by atoms with Crippen molar-refractivity contribution in [2.75, 3.05) is 26.4 Å². The summed E-state index contributed by atoms with van der Waals surface area (Å²) in [4.78, 5) is 0. The Hall–Kier alpha value is -0.160. The molecule has 0 aliphatic heterocycles. The van der Waals surface area contributed by atoms with E-state index in [-0.39, 0.29) is 18.2 Å². The maximum Gasteiger partial charge on any atom is 0.0988 e. The number of rotatable bonds is 8. The van der Waals surface area contributed by atoms with Gasteiger partial charge in [0.15, 0.2) is 0 Å². The summed E-state index contributed by atoms with van der Waals surface area (Å²) in [5.74, 6) is 0.577. The Balaban J connectivity index is 2.01. The molecule has 4 nitrogen and oxygen atoms in total. The van der Waals surface area contributed by atoms with Gasteiger partial charge in [0.25, 0.3) is 0 Å². The molecule has 96 valence electrons. The topological polar surface area (TPSA) is 53.7 Å². The van der Waals surface area contributed by atoms with Gasteiger partial charge in [0.05, 0.1) is 25.4 Å². The molecule has 3 unspecified atom stereocenters. The molecule has 1 rings (SSSR count). The molecule has 0 amide bonds. The zero-order chi connectivity index (χ0) is 12.0. The normalized spacial score (nSPS) is 29.4. The highest BCUT2D eigenvalue weighted by Gasteiger charge is 2.40. The number of ether oxygens (including phenoxy) is 3. The van der Waals surface area contributed by atoms with E-state index in [4.69, 9.17) is 19.9 Å². The molecule has 1 fully saturated rings. The molecule has 0 saturated heterocycles. The lowest BCUT2D eigenvalue weighted by Crippen LogP contribution is -2.58. The monoisotopic (exact) mass is 231 g/mol. The summed E-state index contributed by atoms with van der Waals surface area (Å²) in [6.07, 6.45) is 1.14. The molecule has 0 bridgehead atoms. The van der Waals surface area contributed by atoms with E-state index in [2.05, 4.69) is 13.8 Å². The fourth-order valence-corrected chi connectivity index (χ4v) is 1.78. The first-order valence-electron chi connectivity index (χ1n) is 6.21. The molecular formula is C12H25NO3. The molecule has 4 heteroatoms. The second-order valence-electron chi connectivity index (χ2n) is 4.70. The summed E-state index contributed by atoms with van der Waals surface area (Å²) < 4.78 is 16.6. The van der Waals surface area contributed by atoms with Crippen LogP contribution < -0.4 is 5.73 Å². The fraction of sp³-hybridized carbons (Fsp3) is 1.00. The Morgan fingerprint density at radius 2 is 2.00 bits per heavy atom. The lowest BCUT2D eigenvalue weighted by atomic mass is 9.86. The maximum atomic E-state index is 5.83. The van der Waals surface area contributed by atoms with Gasteiger partial charge in [-0.05, 0) is 19.3 Å². The minimum Gasteiger partial charge on any atom is -0.379 e. The Morgan fingerprint density at radius 3 is 2.56 bits per heavy atom. The van der Waals surface area contributed by atoms with Crippen LogP contribution in [0, 0.1) is 5.92 Å². The highest BCUT2D eigenvalue weighted by molar-refractivity contribution is 4.95. The first-order valence-corrected chi connectivity index (χ1v) is 6.21. The fourth-order valence-electron chi connectivity index (χ4n) is 1.78. The molecule has 16 heavy (non-hydrogen) atoms. The van der Waals surface area contributed by atoms with E-state index in [1.165, 1.54) is 0 Å². The predicted molar refractivity (Wildman–Crippen MR) is 63.4 cm³/mol. The van der Waals surface area contributed by atoms with Gasteiger partial charge in [0.1, 0.15) is 0 Å². The number of nitrogens with two attached hydrogens (primary N) is 1. The van der Waals surface area contributed by atoms with Crippen molar-refractivity contribution in [3.8, 4) is 0 Å². The van der Waals surface area contributed by atoms with Gasteiger partial charge in [-0.2, -0.15) is 0 Å². The molecular weight excluding hydrogens is 206 g/mol. The van der Waals surface area contributed by atoms with Crippen LogP contribution in [0.2, 0.25) is 0 Å². The van der Waals surface area contributed by atoms with Crippen LogP contribution >= 0.6 is 0 Å². The average molecular weight is 231 g/mol. The van der Waals surface area contributed by atoms with Crippen LogP contribution in [0.25, 0.3) is 0 Å². The van der Waals surface area contributed by atoms with Crippen LogP contribution in [-0.2, 0) is 14.2 Å². The Kier molecular flexibility index (Phi) is 6.28. The van der Waals surface area contributed by atoms with E-state index < -0.39 is 0 Å². The molecule has 1 aliphatic rings. The molecule has 0 aromatic rings. The van der Waals surface area contributed by atoms with Crippen LogP contribution in [0.4, 0.5) is 0 Å². The molecule has 0 heterocycles. The van der Waals surface area contributed by atoms with Gasteiger partial charge in [-0.25, -0.2) is 0 Å². The standard InChI is InChI=1S/C12H25NO3/c1-4-15-12-10(13)7-11(12)16-6-5-14-8-9(2)3/h9-12H,4-8,13H2,1-3H3. The van der Waals surface area contributed by atoms with Crippen LogP contribution in [0.5, 0.6) is 0 Å². The highest BCUT2D eigenvalue weighted by Crippen LogP contribution is 2.25. The molecule has 3 atom stereocenters. The van der Waals surface area contributed by atoms with E-state index >= 15 is 0 Å². The van der Waals surface area contributed by atoms with Gasteiger partial charge in [-0.15, -0.1) is 0 Å². The third-order valence-electron chi connectivity index (χ3n) is 2.66. The van der Waals surface area contributed by atoms with Gasteiger partial charge >= 0.3 is 0 Å². The van der Waals surface area contributed by atoms with Crippen LogP contribution in [0.3, 0.4) is 0 Å². The zero-order valence-corrected chi connectivity index (χ0v) is 10.6. The van der Waals surface area contributed by atoms with Crippen LogP contribution in [0.15, 0.2) is 0 Å². The van der Waals surface area contributed by atoms with Crippen molar-refractivity contribution in [2.24, 2.45) is 11.7 Å². The van der Waals surface area contributed by atoms with Crippen LogP contribution in [-0.4, -0.2) is 44.7 Å². The zero-order valence-electron chi connectivity index (χ0n) is 10.6. The van der Waals surface area contributed by atoms with E-state index in [1.54, 1.807) is 0 Å². The molecule has 0 aromatic heterocycles. The van der Waals surface area contributed by atoms with Crippen molar-refractivity contribution in [3.05, 3.63) is 0 Å². The van der Waals surface area contributed by atoms with Crippen LogP contribution in [0.1, 0.15) is 27.2 Å². The third kappa shape index (κ3) is 4.37. The summed E-state index contributed by atoms with van der Waals surface area (Å²) in [6.45, 7) is 9.03. The molecule has 0 spiro atoms. The summed E-state index contributed by atoms with van der Waals surface area (Å²) in [5, 5.41) is 0. The van der Waals surface area contributed by atoms with Gasteiger partial charge < -0.3 is 19.9 Å². The van der Waals surface area contributed by atoms with Gasteiger partial charge in [-0.1, -0.05) is 13.8 Å². The summed E-state index contributed by atoms with van der Waals surface area (Å²) in [5.41, 5.74) is 5.83. The van der Waals surface area contributed by atoms with Crippen molar-refractivity contribution in [3.63, 3.8) is 0 Å². The smallest absolute Gasteiger partial charge is 0.0988 e. The van der Waals surface area contributed by atoms with Gasteiger partial charge in [-0.3, -0.25) is 0 Å². The van der Waals surface area contributed by atoms with E-state index in [9.17, 15) is 0 Å². The Morgan fingerprint density at radius 1 is 1.25 bits per heavy atom. The van der Waals surface area contributed by atoms with Crippen molar-refractivity contribution in [2.45, 2.75) is 45.4 Å². The second-order valence-corrected chi connectivity index (χ2v) is 4.70. The average Bonchev–Trinajstić information content (AvgIpc) is 2.23. The maximum absolute atomic E-state index is 5.83. The first kappa shape index (κ1) is 13.9. The van der Waals surface area contributed by atoms with Crippen molar-refractivity contribution >= 4 is 0 Å². The lowest BCUT2D eigenvalue weighted by Gasteiger charge is -2.41. The minimum absolute atomic E-state index is 0.0788. The molecule has 0 radical (unpaired) electrons.